The van der Waals surface area contributed by atoms with E-state index in [0.717, 1.165) is 5.56 Å². The summed E-state index contributed by atoms with van der Waals surface area (Å²) in [5.41, 5.74) is 0.984. The summed E-state index contributed by atoms with van der Waals surface area (Å²) in [6.07, 6.45) is 6.44. The van der Waals surface area contributed by atoms with Crippen LogP contribution in [0.5, 0.6) is 5.75 Å². The Labute approximate surface area is 111 Å². The molecule has 2 unspecified atom stereocenters. The van der Waals surface area contributed by atoms with Crippen molar-refractivity contribution in [2.45, 2.75) is 65.0 Å². The molecule has 2 nitrogen and oxygen atoms in total. The summed E-state index contributed by atoms with van der Waals surface area (Å²) in [5, 5.41) is 13.4. The van der Waals surface area contributed by atoms with Gasteiger partial charge in [0.05, 0.1) is 0 Å². The van der Waals surface area contributed by atoms with Crippen molar-refractivity contribution in [1.82, 2.24) is 5.32 Å². The second kappa shape index (κ2) is 8.15. The van der Waals surface area contributed by atoms with Gasteiger partial charge in [0.2, 0.25) is 0 Å². The maximum absolute atomic E-state index is 9.80. The number of aromatic hydroxyl groups is 1. The van der Waals surface area contributed by atoms with Crippen LogP contribution in [0.1, 0.15) is 64.5 Å². The fourth-order valence-electron chi connectivity index (χ4n) is 2.33. The Morgan fingerprint density at radius 1 is 1.11 bits per heavy atom. The van der Waals surface area contributed by atoms with Crippen molar-refractivity contribution in [2.24, 2.45) is 0 Å². The average Bonchev–Trinajstić information content (AvgIpc) is 2.35. The first-order chi connectivity index (χ1) is 8.65. The lowest BCUT2D eigenvalue weighted by Crippen LogP contribution is -2.28. The van der Waals surface area contributed by atoms with E-state index in [4.69, 9.17) is 0 Å². The Kier molecular flexibility index (Phi) is 6.81. The number of nitrogens with one attached hydrogen (secondary N) is 1. The number of benzene rings is 1. The summed E-state index contributed by atoms with van der Waals surface area (Å²) >= 11 is 0. The van der Waals surface area contributed by atoms with Crippen molar-refractivity contribution in [2.75, 3.05) is 0 Å². The van der Waals surface area contributed by atoms with Gasteiger partial charge < -0.3 is 10.4 Å². The monoisotopic (exact) mass is 249 g/mol. The van der Waals surface area contributed by atoms with Crippen molar-refractivity contribution in [3.63, 3.8) is 0 Å². The standard InChI is InChI=1S/C16H27NO/c1-4-5-6-7-10-13(2)17-14(3)15-11-8-9-12-16(15)18/h8-9,11-14,17-18H,4-7,10H2,1-3H3. The molecule has 0 aliphatic carbocycles. The van der Waals surface area contributed by atoms with Crippen LogP contribution in [0.25, 0.3) is 0 Å². The third-order valence-electron chi connectivity index (χ3n) is 3.43. The SMILES string of the molecule is CCCCCCC(C)NC(C)c1ccccc1O. The number of hydrogen-bond donors (Lipinski definition) is 2. The van der Waals surface area contributed by atoms with Crippen LogP contribution in [-0.4, -0.2) is 11.1 Å². The summed E-state index contributed by atoms with van der Waals surface area (Å²) < 4.78 is 0. The van der Waals surface area contributed by atoms with Crippen LogP contribution in [0, 0.1) is 0 Å². The molecule has 0 amide bonds. The smallest absolute Gasteiger partial charge is 0.120 e. The summed E-state index contributed by atoms with van der Waals surface area (Å²) in [6, 6.07) is 8.26. The van der Waals surface area contributed by atoms with E-state index in [-0.39, 0.29) is 6.04 Å². The zero-order chi connectivity index (χ0) is 13.4. The first-order valence-electron chi connectivity index (χ1n) is 7.19. The molecule has 0 saturated heterocycles. The van der Waals surface area contributed by atoms with Crippen molar-refractivity contribution < 1.29 is 5.11 Å². The minimum absolute atomic E-state index is 0.201. The first-order valence-corrected chi connectivity index (χ1v) is 7.19. The summed E-state index contributed by atoms with van der Waals surface area (Å²) in [7, 11) is 0. The highest BCUT2D eigenvalue weighted by Crippen LogP contribution is 2.23. The van der Waals surface area contributed by atoms with E-state index in [9.17, 15) is 5.11 Å². The highest BCUT2D eigenvalue weighted by molar-refractivity contribution is 5.34. The predicted octanol–water partition coefficient (Wildman–Crippen LogP) is 4.40. The van der Waals surface area contributed by atoms with Crippen LogP contribution in [-0.2, 0) is 0 Å². The molecule has 0 radical (unpaired) electrons. The molecule has 18 heavy (non-hydrogen) atoms. The van der Waals surface area contributed by atoms with Gasteiger partial charge >= 0.3 is 0 Å². The Morgan fingerprint density at radius 3 is 2.50 bits per heavy atom. The zero-order valence-corrected chi connectivity index (χ0v) is 11.9. The van der Waals surface area contributed by atoms with E-state index in [2.05, 4.69) is 26.1 Å². The second-order valence-corrected chi connectivity index (χ2v) is 5.20. The Bertz CT molecular complexity index is 338. The summed E-state index contributed by atoms with van der Waals surface area (Å²) in [4.78, 5) is 0. The molecule has 2 heteroatoms. The van der Waals surface area contributed by atoms with Gasteiger partial charge in [0.15, 0.2) is 0 Å². The Morgan fingerprint density at radius 2 is 1.83 bits per heavy atom. The van der Waals surface area contributed by atoms with Crippen molar-refractivity contribution in [3.05, 3.63) is 29.8 Å². The molecule has 0 heterocycles. The third-order valence-corrected chi connectivity index (χ3v) is 3.43. The molecule has 0 aliphatic rings. The van der Waals surface area contributed by atoms with E-state index >= 15 is 0 Å². The molecule has 2 N–H and O–H groups in total. The molecule has 1 rings (SSSR count). The van der Waals surface area contributed by atoms with Gasteiger partial charge in [-0.05, 0) is 26.3 Å². The number of phenols is 1. The van der Waals surface area contributed by atoms with Gasteiger partial charge in [-0.2, -0.15) is 0 Å². The quantitative estimate of drug-likeness (QED) is 0.669. The Balaban J connectivity index is 2.35. The molecular weight excluding hydrogens is 222 g/mol. The van der Waals surface area contributed by atoms with E-state index < -0.39 is 0 Å². The summed E-state index contributed by atoms with van der Waals surface area (Å²) in [6.45, 7) is 6.57. The molecule has 0 aliphatic heterocycles. The highest BCUT2D eigenvalue weighted by Gasteiger charge is 2.12. The van der Waals surface area contributed by atoms with E-state index in [1.165, 1.54) is 32.1 Å². The van der Waals surface area contributed by atoms with Gasteiger partial charge in [-0.3, -0.25) is 0 Å². The zero-order valence-electron chi connectivity index (χ0n) is 11.9. The van der Waals surface area contributed by atoms with Crippen LogP contribution in [0.15, 0.2) is 24.3 Å². The van der Waals surface area contributed by atoms with E-state index in [1.54, 1.807) is 6.07 Å². The Hall–Kier alpha value is -1.02. The lowest BCUT2D eigenvalue weighted by molar-refractivity contribution is 0.416. The van der Waals surface area contributed by atoms with Crippen LogP contribution < -0.4 is 5.32 Å². The van der Waals surface area contributed by atoms with Crippen LogP contribution in [0.2, 0.25) is 0 Å². The van der Waals surface area contributed by atoms with Gasteiger partial charge in [0, 0.05) is 17.6 Å². The molecule has 0 spiro atoms. The minimum Gasteiger partial charge on any atom is -0.508 e. The van der Waals surface area contributed by atoms with Crippen molar-refractivity contribution in [1.29, 1.82) is 0 Å². The van der Waals surface area contributed by atoms with Crippen LogP contribution in [0.4, 0.5) is 0 Å². The maximum Gasteiger partial charge on any atom is 0.120 e. The molecule has 0 aromatic heterocycles. The highest BCUT2D eigenvalue weighted by atomic mass is 16.3. The molecule has 0 saturated carbocycles. The van der Waals surface area contributed by atoms with E-state index in [0.29, 0.717) is 11.8 Å². The fourth-order valence-corrected chi connectivity index (χ4v) is 2.33. The number of phenolic OH excluding ortho intramolecular Hbond substituents is 1. The largest absolute Gasteiger partial charge is 0.508 e. The number of unbranched alkanes of at least 4 members (excludes halogenated alkanes) is 3. The molecule has 2 atom stereocenters. The van der Waals surface area contributed by atoms with Gasteiger partial charge in [0.25, 0.3) is 0 Å². The van der Waals surface area contributed by atoms with Gasteiger partial charge in [-0.1, -0.05) is 50.8 Å². The summed E-state index contributed by atoms with van der Waals surface area (Å²) in [5.74, 6) is 0.385. The topological polar surface area (TPSA) is 32.3 Å². The van der Waals surface area contributed by atoms with Crippen LogP contribution in [0.3, 0.4) is 0 Å². The molecular formula is C16H27NO. The molecule has 0 fully saturated rings. The maximum atomic E-state index is 9.80. The normalized spacial score (nSPS) is 14.4. The van der Waals surface area contributed by atoms with Gasteiger partial charge in [-0.15, -0.1) is 0 Å². The second-order valence-electron chi connectivity index (χ2n) is 5.20. The van der Waals surface area contributed by atoms with Gasteiger partial charge in [0.1, 0.15) is 5.75 Å². The number of rotatable bonds is 8. The molecule has 1 aromatic rings. The number of para-hydroxylation sites is 1. The molecule has 0 bridgehead atoms. The third kappa shape index (κ3) is 5.09. The first kappa shape index (κ1) is 15.0. The van der Waals surface area contributed by atoms with Crippen molar-refractivity contribution >= 4 is 0 Å². The van der Waals surface area contributed by atoms with Crippen LogP contribution >= 0.6 is 0 Å². The van der Waals surface area contributed by atoms with Crippen molar-refractivity contribution in [3.8, 4) is 5.75 Å². The number of hydrogen-bond acceptors (Lipinski definition) is 2. The molecule has 1 aromatic carbocycles. The van der Waals surface area contributed by atoms with Gasteiger partial charge in [-0.25, -0.2) is 0 Å². The predicted molar refractivity (Wildman–Crippen MR) is 77.9 cm³/mol. The average molecular weight is 249 g/mol. The molecule has 102 valence electrons. The fraction of sp³-hybridized carbons (Fsp3) is 0.625. The minimum atomic E-state index is 0.201. The van der Waals surface area contributed by atoms with E-state index in [1.807, 2.05) is 18.2 Å². The lowest BCUT2D eigenvalue weighted by Gasteiger charge is -2.21. The lowest BCUT2D eigenvalue weighted by atomic mass is 10.0.